The number of carbonyl (C=O) groups is 2. The van der Waals surface area contributed by atoms with Crippen LogP contribution in [0, 0.1) is 0 Å². The highest BCUT2D eigenvalue weighted by molar-refractivity contribution is 6.04. The molecule has 1 aromatic rings. The summed E-state index contributed by atoms with van der Waals surface area (Å²) in [6.45, 7) is 0. The molecule has 5 heteroatoms. The van der Waals surface area contributed by atoms with Gasteiger partial charge in [-0.25, -0.2) is 4.79 Å². The van der Waals surface area contributed by atoms with E-state index in [2.05, 4.69) is 10.6 Å². The summed E-state index contributed by atoms with van der Waals surface area (Å²) >= 11 is 0. The predicted molar refractivity (Wildman–Crippen MR) is 50.3 cm³/mol. The Morgan fingerprint density at radius 3 is 2.29 bits per heavy atom. The topological polar surface area (TPSA) is 84.2 Å². The van der Waals surface area contributed by atoms with Gasteiger partial charge in [0.1, 0.15) is 6.04 Å². The number of amides is 3. The van der Waals surface area contributed by atoms with Gasteiger partial charge in [0.2, 0.25) is 0 Å². The molecule has 14 heavy (non-hydrogen) atoms. The number of nitrogen functional groups attached to an aromatic ring is 1. The third-order valence-corrected chi connectivity index (χ3v) is 2.04. The standard InChI is InChI=1S/C9H9N3O2/c10-6-3-1-5(2-4-6)7-8(13)12-9(14)11-7/h1-4,7H,10H2,(H2,11,12,13,14). The third-order valence-electron chi connectivity index (χ3n) is 2.04. The minimum atomic E-state index is -0.594. The van der Waals surface area contributed by atoms with Crippen molar-refractivity contribution in [2.45, 2.75) is 6.04 Å². The van der Waals surface area contributed by atoms with Crippen LogP contribution in [-0.2, 0) is 4.79 Å². The van der Waals surface area contributed by atoms with Crippen molar-refractivity contribution in [3.8, 4) is 0 Å². The zero-order chi connectivity index (χ0) is 10.1. The average molecular weight is 191 g/mol. The molecule has 72 valence electrons. The van der Waals surface area contributed by atoms with E-state index in [4.69, 9.17) is 5.73 Å². The highest BCUT2D eigenvalue weighted by atomic mass is 16.2. The maximum Gasteiger partial charge on any atom is 0.322 e. The number of urea groups is 1. The van der Waals surface area contributed by atoms with Crippen LogP contribution in [-0.4, -0.2) is 11.9 Å². The SMILES string of the molecule is Nc1ccc(C2NC(=O)NC2=O)cc1. The summed E-state index contributed by atoms with van der Waals surface area (Å²) in [5.41, 5.74) is 6.85. The number of nitrogens with two attached hydrogens (primary N) is 1. The van der Waals surface area contributed by atoms with Crippen LogP contribution in [0.1, 0.15) is 11.6 Å². The lowest BCUT2D eigenvalue weighted by atomic mass is 10.1. The summed E-state index contributed by atoms with van der Waals surface area (Å²) in [7, 11) is 0. The van der Waals surface area contributed by atoms with Crippen LogP contribution in [0.15, 0.2) is 24.3 Å². The van der Waals surface area contributed by atoms with Gasteiger partial charge in [0.15, 0.2) is 0 Å². The number of hydrogen-bond acceptors (Lipinski definition) is 3. The molecule has 1 aromatic carbocycles. The van der Waals surface area contributed by atoms with Crippen molar-refractivity contribution in [2.75, 3.05) is 5.73 Å². The monoisotopic (exact) mass is 191 g/mol. The van der Waals surface area contributed by atoms with Gasteiger partial charge in [-0.1, -0.05) is 12.1 Å². The largest absolute Gasteiger partial charge is 0.399 e. The summed E-state index contributed by atoms with van der Waals surface area (Å²) in [6, 6.07) is 5.75. The Morgan fingerprint density at radius 1 is 1.14 bits per heavy atom. The molecule has 1 aliphatic heterocycles. The van der Waals surface area contributed by atoms with E-state index in [0.29, 0.717) is 5.69 Å². The van der Waals surface area contributed by atoms with Crippen molar-refractivity contribution in [1.82, 2.24) is 10.6 Å². The van der Waals surface area contributed by atoms with Crippen LogP contribution in [0.2, 0.25) is 0 Å². The average Bonchev–Trinajstić information content (AvgIpc) is 2.47. The van der Waals surface area contributed by atoms with Crippen LogP contribution in [0.3, 0.4) is 0 Å². The van der Waals surface area contributed by atoms with Crippen LogP contribution < -0.4 is 16.4 Å². The number of anilines is 1. The van der Waals surface area contributed by atoms with E-state index in [0.717, 1.165) is 5.56 Å². The van der Waals surface area contributed by atoms with Crippen LogP contribution in [0.5, 0.6) is 0 Å². The van der Waals surface area contributed by atoms with E-state index in [1.54, 1.807) is 24.3 Å². The van der Waals surface area contributed by atoms with Crippen molar-refractivity contribution in [3.05, 3.63) is 29.8 Å². The van der Waals surface area contributed by atoms with Crippen LogP contribution in [0.25, 0.3) is 0 Å². The van der Waals surface area contributed by atoms with Crippen LogP contribution >= 0.6 is 0 Å². The van der Waals surface area contributed by atoms with E-state index in [-0.39, 0.29) is 5.91 Å². The van der Waals surface area contributed by atoms with E-state index in [1.165, 1.54) is 0 Å². The molecule has 4 N–H and O–H groups in total. The van der Waals surface area contributed by atoms with E-state index < -0.39 is 12.1 Å². The fraction of sp³-hybridized carbons (Fsp3) is 0.111. The molecule has 2 rings (SSSR count). The van der Waals surface area contributed by atoms with Gasteiger partial charge in [0, 0.05) is 5.69 Å². The minimum absolute atomic E-state index is 0.334. The molecule has 1 saturated heterocycles. The van der Waals surface area contributed by atoms with Gasteiger partial charge in [0.25, 0.3) is 5.91 Å². The molecular formula is C9H9N3O2. The Bertz CT molecular complexity index is 386. The quantitative estimate of drug-likeness (QED) is 0.436. The van der Waals surface area contributed by atoms with Gasteiger partial charge in [-0.15, -0.1) is 0 Å². The first-order valence-corrected chi connectivity index (χ1v) is 4.13. The fourth-order valence-electron chi connectivity index (χ4n) is 1.34. The van der Waals surface area contributed by atoms with Gasteiger partial charge in [0.05, 0.1) is 0 Å². The number of carbonyl (C=O) groups excluding carboxylic acids is 2. The summed E-state index contributed by atoms with van der Waals surface area (Å²) in [6.07, 6.45) is 0. The molecule has 0 spiro atoms. The molecule has 1 heterocycles. The molecule has 1 atom stereocenters. The second kappa shape index (κ2) is 3.02. The maximum atomic E-state index is 11.2. The van der Waals surface area contributed by atoms with Gasteiger partial charge in [-0.2, -0.15) is 0 Å². The first kappa shape index (κ1) is 8.55. The Morgan fingerprint density at radius 2 is 1.79 bits per heavy atom. The smallest absolute Gasteiger partial charge is 0.322 e. The Kier molecular flexibility index (Phi) is 1.85. The molecule has 1 fully saturated rings. The van der Waals surface area contributed by atoms with Crippen molar-refractivity contribution in [1.29, 1.82) is 0 Å². The van der Waals surface area contributed by atoms with Gasteiger partial charge < -0.3 is 11.1 Å². The summed E-state index contributed by atoms with van der Waals surface area (Å²) in [5, 5.41) is 4.66. The van der Waals surface area contributed by atoms with E-state index >= 15 is 0 Å². The van der Waals surface area contributed by atoms with Crippen LogP contribution in [0.4, 0.5) is 10.5 Å². The molecule has 0 bridgehead atoms. The van der Waals surface area contributed by atoms with E-state index in [9.17, 15) is 9.59 Å². The van der Waals surface area contributed by atoms with Gasteiger partial charge >= 0.3 is 6.03 Å². The summed E-state index contributed by atoms with van der Waals surface area (Å²) in [4.78, 5) is 22.1. The molecule has 1 unspecified atom stereocenters. The maximum absolute atomic E-state index is 11.2. The van der Waals surface area contributed by atoms with Crippen molar-refractivity contribution in [3.63, 3.8) is 0 Å². The van der Waals surface area contributed by atoms with E-state index in [1.807, 2.05) is 0 Å². The molecule has 0 saturated carbocycles. The number of hydrogen-bond donors (Lipinski definition) is 3. The third kappa shape index (κ3) is 1.39. The lowest BCUT2D eigenvalue weighted by Crippen LogP contribution is -2.22. The zero-order valence-corrected chi connectivity index (χ0v) is 7.28. The lowest BCUT2D eigenvalue weighted by molar-refractivity contribution is -0.120. The number of rotatable bonds is 1. The Labute approximate surface area is 80.3 Å². The normalized spacial score (nSPS) is 20.4. The zero-order valence-electron chi connectivity index (χ0n) is 7.28. The first-order valence-electron chi connectivity index (χ1n) is 4.13. The number of benzene rings is 1. The van der Waals surface area contributed by atoms with Gasteiger partial charge in [-0.05, 0) is 17.7 Å². The predicted octanol–water partition coefficient (Wildman–Crippen LogP) is 0.149. The minimum Gasteiger partial charge on any atom is -0.399 e. The number of nitrogens with one attached hydrogen (secondary N) is 2. The fourth-order valence-corrected chi connectivity index (χ4v) is 1.34. The van der Waals surface area contributed by atoms with Gasteiger partial charge in [-0.3, -0.25) is 10.1 Å². The molecule has 1 aliphatic rings. The van der Waals surface area contributed by atoms with Crippen molar-refractivity contribution in [2.24, 2.45) is 0 Å². The number of imide groups is 1. The molecule has 5 nitrogen and oxygen atoms in total. The molecule has 3 amide bonds. The molecule has 0 radical (unpaired) electrons. The van der Waals surface area contributed by atoms with Crippen molar-refractivity contribution < 1.29 is 9.59 Å². The summed E-state index contributed by atoms with van der Waals surface area (Å²) in [5.74, 6) is -0.334. The second-order valence-corrected chi connectivity index (χ2v) is 3.06. The Hall–Kier alpha value is -2.04. The highest BCUT2D eigenvalue weighted by Gasteiger charge is 2.30. The second-order valence-electron chi connectivity index (χ2n) is 3.06. The first-order chi connectivity index (χ1) is 6.66. The lowest BCUT2D eigenvalue weighted by Gasteiger charge is -2.06. The Balaban J connectivity index is 2.27. The highest BCUT2D eigenvalue weighted by Crippen LogP contribution is 2.17. The van der Waals surface area contributed by atoms with Crippen molar-refractivity contribution >= 4 is 17.6 Å². The molecular weight excluding hydrogens is 182 g/mol. The molecule has 0 aliphatic carbocycles. The summed E-state index contributed by atoms with van der Waals surface area (Å²) < 4.78 is 0. The molecule has 0 aromatic heterocycles.